The summed E-state index contributed by atoms with van der Waals surface area (Å²) in [4.78, 5) is 21.9. The van der Waals surface area contributed by atoms with Crippen molar-refractivity contribution in [1.82, 2.24) is 5.43 Å². The van der Waals surface area contributed by atoms with Crippen LogP contribution in [0.4, 0.5) is 0 Å². The second-order valence-corrected chi connectivity index (χ2v) is 3.34. The smallest absolute Gasteiger partial charge is 0.241 e. The third-order valence-electron chi connectivity index (χ3n) is 2.29. The van der Waals surface area contributed by atoms with E-state index in [9.17, 15) is 9.59 Å². The van der Waals surface area contributed by atoms with Crippen molar-refractivity contribution < 1.29 is 9.59 Å². The molecule has 0 aliphatic carbocycles. The zero-order chi connectivity index (χ0) is 10.7. The van der Waals surface area contributed by atoms with E-state index < -0.39 is 5.92 Å². The van der Waals surface area contributed by atoms with Crippen molar-refractivity contribution >= 4 is 17.9 Å². The Balaban J connectivity index is 2.35. The molecule has 1 aromatic carbocycles. The zero-order valence-corrected chi connectivity index (χ0v) is 8.01. The van der Waals surface area contributed by atoms with Crippen molar-refractivity contribution in [3.8, 4) is 0 Å². The number of hydrogen-bond donors (Lipinski definition) is 1. The summed E-state index contributed by atoms with van der Waals surface area (Å²) < 4.78 is 0. The van der Waals surface area contributed by atoms with E-state index in [0.29, 0.717) is 5.71 Å². The van der Waals surface area contributed by atoms with Gasteiger partial charge in [0, 0.05) is 6.42 Å². The van der Waals surface area contributed by atoms with Crippen molar-refractivity contribution in [2.24, 2.45) is 11.0 Å². The first kappa shape index (κ1) is 9.58. The van der Waals surface area contributed by atoms with Gasteiger partial charge in [0.1, 0.15) is 6.29 Å². The molecule has 0 spiro atoms. The zero-order valence-electron chi connectivity index (χ0n) is 8.01. The van der Waals surface area contributed by atoms with Gasteiger partial charge in [0.25, 0.3) is 0 Å². The maximum absolute atomic E-state index is 11.0. The van der Waals surface area contributed by atoms with Crippen molar-refractivity contribution in [3.05, 3.63) is 35.9 Å². The van der Waals surface area contributed by atoms with Gasteiger partial charge in [0.05, 0.1) is 11.6 Å². The number of benzene rings is 1. The van der Waals surface area contributed by atoms with E-state index in [1.54, 1.807) is 0 Å². The van der Waals surface area contributed by atoms with Crippen molar-refractivity contribution in [1.29, 1.82) is 0 Å². The van der Waals surface area contributed by atoms with E-state index in [4.69, 9.17) is 0 Å². The Labute approximate surface area is 87.0 Å². The molecule has 15 heavy (non-hydrogen) atoms. The molecule has 76 valence electrons. The Hall–Kier alpha value is -1.97. The first-order valence-electron chi connectivity index (χ1n) is 4.68. The second kappa shape index (κ2) is 4.04. The highest BCUT2D eigenvalue weighted by molar-refractivity contribution is 6.12. The Morgan fingerprint density at radius 2 is 2.07 bits per heavy atom. The standard InChI is InChI=1S/C11H10N2O2/c14-7-9-6-10(15)12-13-11(9)8-4-2-1-3-5-8/h1-5,7,9H,6H2,(H,12,15). The first-order chi connectivity index (χ1) is 7.31. The van der Waals surface area contributed by atoms with Crippen LogP contribution in [0, 0.1) is 5.92 Å². The van der Waals surface area contributed by atoms with Crippen LogP contribution in [-0.2, 0) is 9.59 Å². The fraction of sp³-hybridized carbons (Fsp3) is 0.182. The number of nitrogens with one attached hydrogen (secondary N) is 1. The molecule has 0 fully saturated rings. The molecule has 0 saturated heterocycles. The van der Waals surface area contributed by atoms with Crippen LogP contribution in [0.25, 0.3) is 0 Å². The lowest BCUT2D eigenvalue weighted by atomic mass is 9.94. The number of carbonyl (C=O) groups excluding carboxylic acids is 2. The molecule has 1 N–H and O–H groups in total. The topological polar surface area (TPSA) is 58.5 Å². The van der Waals surface area contributed by atoms with E-state index in [1.165, 1.54) is 0 Å². The lowest BCUT2D eigenvalue weighted by molar-refractivity contribution is -0.124. The van der Waals surface area contributed by atoms with E-state index in [0.717, 1.165) is 11.8 Å². The van der Waals surface area contributed by atoms with Crippen LogP contribution in [0.15, 0.2) is 35.4 Å². The maximum atomic E-state index is 11.0. The Kier molecular flexibility index (Phi) is 2.58. The average Bonchev–Trinajstić information content (AvgIpc) is 2.30. The largest absolute Gasteiger partial charge is 0.303 e. The number of aldehydes is 1. The summed E-state index contributed by atoms with van der Waals surface area (Å²) in [7, 11) is 0. The summed E-state index contributed by atoms with van der Waals surface area (Å²) in [6, 6.07) is 9.37. The molecule has 1 unspecified atom stereocenters. The van der Waals surface area contributed by atoms with Gasteiger partial charge in [-0.05, 0) is 5.56 Å². The Morgan fingerprint density at radius 1 is 1.33 bits per heavy atom. The predicted octanol–water partition coefficient (Wildman–Crippen LogP) is 0.726. The molecule has 4 nitrogen and oxygen atoms in total. The van der Waals surface area contributed by atoms with Gasteiger partial charge in [-0.25, -0.2) is 5.43 Å². The van der Waals surface area contributed by atoms with E-state index >= 15 is 0 Å². The summed E-state index contributed by atoms with van der Waals surface area (Å²) in [5, 5.41) is 3.92. The molecule has 1 amide bonds. The van der Waals surface area contributed by atoms with Gasteiger partial charge in [0.2, 0.25) is 5.91 Å². The molecule has 1 atom stereocenters. The minimum atomic E-state index is -0.429. The Bertz CT molecular complexity index is 412. The molecule has 1 aromatic rings. The third-order valence-corrected chi connectivity index (χ3v) is 2.29. The number of hydrogen-bond acceptors (Lipinski definition) is 3. The van der Waals surface area contributed by atoms with Crippen LogP contribution in [0.2, 0.25) is 0 Å². The number of rotatable bonds is 2. The van der Waals surface area contributed by atoms with Gasteiger partial charge in [0.15, 0.2) is 0 Å². The fourth-order valence-electron chi connectivity index (χ4n) is 1.55. The van der Waals surface area contributed by atoms with E-state index in [1.807, 2.05) is 30.3 Å². The quantitative estimate of drug-likeness (QED) is 0.718. The molecule has 0 saturated carbocycles. The highest BCUT2D eigenvalue weighted by atomic mass is 16.2. The van der Waals surface area contributed by atoms with Crippen LogP contribution < -0.4 is 5.43 Å². The number of amides is 1. The van der Waals surface area contributed by atoms with Gasteiger partial charge < -0.3 is 4.79 Å². The molecule has 4 heteroatoms. The number of nitrogens with zero attached hydrogens (tertiary/aromatic N) is 1. The maximum Gasteiger partial charge on any atom is 0.241 e. The van der Waals surface area contributed by atoms with Gasteiger partial charge in [-0.3, -0.25) is 4.79 Å². The van der Waals surface area contributed by atoms with Crippen LogP contribution >= 0.6 is 0 Å². The fourth-order valence-corrected chi connectivity index (χ4v) is 1.55. The lowest BCUT2D eigenvalue weighted by Gasteiger charge is -2.17. The van der Waals surface area contributed by atoms with Gasteiger partial charge >= 0.3 is 0 Å². The van der Waals surface area contributed by atoms with Gasteiger partial charge in [-0.1, -0.05) is 30.3 Å². The summed E-state index contributed by atoms with van der Waals surface area (Å²) in [6.07, 6.45) is 0.946. The molecule has 1 aliphatic rings. The molecule has 1 aliphatic heterocycles. The second-order valence-electron chi connectivity index (χ2n) is 3.34. The van der Waals surface area contributed by atoms with Crippen molar-refractivity contribution in [3.63, 3.8) is 0 Å². The summed E-state index contributed by atoms with van der Waals surface area (Å²) in [5.74, 6) is -0.645. The average molecular weight is 202 g/mol. The summed E-state index contributed by atoms with van der Waals surface area (Å²) in [6.45, 7) is 0. The molecular formula is C11H10N2O2. The predicted molar refractivity (Wildman–Crippen MR) is 55.3 cm³/mol. The summed E-state index contributed by atoms with van der Waals surface area (Å²) in [5.41, 5.74) is 3.88. The summed E-state index contributed by atoms with van der Waals surface area (Å²) >= 11 is 0. The molecular weight excluding hydrogens is 192 g/mol. The van der Waals surface area contributed by atoms with Crippen LogP contribution in [0.5, 0.6) is 0 Å². The highest BCUT2D eigenvalue weighted by Crippen LogP contribution is 2.14. The van der Waals surface area contributed by atoms with Crippen LogP contribution in [0.1, 0.15) is 12.0 Å². The van der Waals surface area contributed by atoms with Crippen LogP contribution in [0.3, 0.4) is 0 Å². The molecule has 1 heterocycles. The van der Waals surface area contributed by atoms with Gasteiger partial charge in [-0.15, -0.1) is 0 Å². The molecule has 0 bridgehead atoms. The minimum absolute atomic E-state index is 0.178. The monoisotopic (exact) mass is 202 g/mol. The molecule has 0 radical (unpaired) electrons. The normalized spacial score (nSPS) is 20.4. The van der Waals surface area contributed by atoms with Crippen molar-refractivity contribution in [2.75, 3.05) is 0 Å². The van der Waals surface area contributed by atoms with E-state index in [2.05, 4.69) is 10.5 Å². The van der Waals surface area contributed by atoms with Gasteiger partial charge in [-0.2, -0.15) is 5.10 Å². The SMILES string of the molecule is O=CC1CC(=O)NN=C1c1ccccc1. The lowest BCUT2D eigenvalue weighted by Crippen LogP contribution is -2.34. The highest BCUT2D eigenvalue weighted by Gasteiger charge is 2.24. The molecule has 2 rings (SSSR count). The minimum Gasteiger partial charge on any atom is -0.303 e. The van der Waals surface area contributed by atoms with Crippen LogP contribution in [-0.4, -0.2) is 17.9 Å². The van der Waals surface area contributed by atoms with E-state index in [-0.39, 0.29) is 12.3 Å². The van der Waals surface area contributed by atoms with Crippen molar-refractivity contribution in [2.45, 2.75) is 6.42 Å². The first-order valence-corrected chi connectivity index (χ1v) is 4.68. The number of hydrazone groups is 1. The molecule has 0 aromatic heterocycles. The number of carbonyl (C=O) groups is 2. The Morgan fingerprint density at radius 3 is 2.73 bits per heavy atom. The third kappa shape index (κ3) is 1.93.